The number of carbonyl (C=O) groups excluding carboxylic acids is 1. The van der Waals surface area contributed by atoms with Crippen molar-refractivity contribution in [3.05, 3.63) is 54.5 Å². The fourth-order valence-corrected chi connectivity index (χ4v) is 3.79. The van der Waals surface area contributed by atoms with Crippen LogP contribution in [0.2, 0.25) is 0 Å². The van der Waals surface area contributed by atoms with Gasteiger partial charge in [-0.2, -0.15) is 5.26 Å². The lowest BCUT2D eigenvalue weighted by Crippen LogP contribution is -2.30. The van der Waals surface area contributed by atoms with Gasteiger partial charge in [-0.1, -0.05) is 12.1 Å². The van der Waals surface area contributed by atoms with Gasteiger partial charge in [0, 0.05) is 29.0 Å². The Bertz CT molecular complexity index is 984. The number of benzene rings is 1. The van der Waals surface area contributed by atoms with Crippen LogP contribution >= 0.6 is 11.8 Å². The molecule has 0 saturated carbocycles. The van der Waals surface area contributed by atoms with Crippen molar-refractivity contribution < 1.29 is 9.53 Å². The van der Waals surface area contributed by atoms with Gasteiger partial charge in [-0.05, 0) is 44.5 Å². The molecule has 6 heteroatoms. The molecule has 0 atom stereocenters. The predicted octanol–water partition coefficient (Wildman–Crippen LogP) is 4.31. The third-order valence-corrected chi connectivity index (χ3v) is 5.20. The molecule has 3 rings (SSSR count). The predicted molar refractivity (Wildman–Crippen MR) is 102 cm³/mol. The maximum Gasteiger partial charge on any atom is 0.321 e. The van der Waals surface area contributed by atoms with E-state index < -0.39 is 4.75 Å². The summed E-state index contributed by atoms with van der Waals surface area (Å²) in [5.74, 6) is -0.251. The number of esters is 1. The zero-order chi connectivity index (χ0) is 18.7. The van der Waals surface area contributed by atoms with Crippen molar-refractivity contribution in [2.24, 2.45) is 0 Å². The number of rotatable bonds is 5. The van der Waals surface area contributed by atoms with Crippen LogP contribution in [0.4, 0.5) is 0 Å². The lowest BCUT2D eigenvalue weighted by Gasteiger charge is -2.23. The molecular weight excluding hydrogens is 346 g/mol. The molecule has 26 heavy (non-hydrogen) atoms. The lowest BCUT2D eigenvalue weighted by molar-refractivity contribution is -0.145. The summed E-state index contributed by atoms with van der Waals surface area (Å²) in [4.78, 5) is 17.7. The maximum absolute atomic E-state index is 12.3. The molecule has 2 aromatic heterocycles. The van der Waals surface area contributed by atoms with Gasteiger partial charge in [-0.3, -0.25) is 4.79 Å². The first-order valence-electron chi connectivity index (χ1n) is 8.28. The van der Waals surface area contributed by atoms with Crippen molar-refractivity contribution in [3.8, 4) is 17.2 Å². The molecule has 0 saturated heterocycles. The number of fused-ring (bicyclic) bond motifs is 1. The Hall–Kier alpha value is -2.78. The SMILES string of the molecule is CCOC(=O)C(C)(C)Sc1ccn2ccnc2c1-c1ccc(C#N)cc1. The van der Waals surface area contributed by atoms with Gasteiger partial charge in [-0.15, -0.1) is 11.8 Å². The van der Waals surface area contributed by atoms with Crippen LogP contribution in [-0.2, 0) is 9.53 Å². The molecule has 2 heterocycles. The third-order valence-electron chi connectivity index (χ3n) is 3.96. The van der Waals surface area contributed by atoms with Gasteiger partial charge >= 0.3 is 5.97 Å². The first-order chi connectivity index (χ1) is 12.5. The topological polar surface area (TPSA) is 67.4 Å². The first-order valence-corrected chi connectivity index (χ1v) is 9.10. The summed E-state index contributed by atoms with van der Waals surface area (Å²) in [5.41, 5.74) is 3.29. The highest BCUT2D eigenvalue weighted by molar-refractivity contribution is 8.01. The Morgan fingerprint density at radius 2 is 2.00 bits per heavy atom. The number of imidazole rings is 1. The van der Waals surface area contributed by atoms with Crippen LogP contribution in [0.5, 0.6) is 0 Å². The third kappa shape index (κ3) is 3.44. The second kappa shape index (κ2) is 7.22. The van der Waals surface area contributed by atoms with E-state index >= 15 is 0 Å². The normalized spacial score (nSPS) is 11.3. The number of pyridine rings is 1. The molecule has 0 aliphatic heterocycles. The van der Waals surface area contributed by atoms with E-state index in [0.29, 0.717) is 12.2 Å². The second-order valence-corrected chi connectivity index (χ2v) is 7.90. The van der Waals surface area contributed by atoms with Crippen LogP contribution in [0.3, 0.4) is 0 Å². The Kier molecular flexibility index (Phi) is 5.01. The molecule has 0 radical (unpaired) electrons. The number of hydrogen-bond donors (Lipinski definition) is 0. The van der Waals surface area contributed by atoms with E-state index in [1.807, 2.05) is 48.8 Å². The summed E-state index contributed by atoms with van der Waals surface area (Å²) in [7, 11) is 0. The highest BCUT2D eigenvalue weighted by Crippen LogP contribution is 2.41. The fraction of sp³-hybridized carbons (Fsp3) is 0.250. The average molecular weight is 365 g/mol. The minimum atomic E-state index is -0.734. The summed E-state index contributed by atoms with van der Waals surface area (Å²) in [6, 6.07) is 11.5. The molecular formula is C20H19N3O2S. The van der Waals surface area contributed by atoms with Gasteiger partial charge in [0.2, 0.25) is 0 Å². The van der Waals surface area contributed by atoms with E-state index in [2.05, 4.69) is 11.1 Å². The highest BCUT2D eigenvalue weighted by Gasteiger charge is 2.32. The van der Waals surface area contributed by atoms with Gasteiger partial charge in [0.25, 0.3) is 0 Å². The summed E-state index contributed by atoms with van der Waals surface area (Å²) in [6.07, 6.45) is 5.56. The average Bonchev–Trinajstić information content (AvgIpc) is 3.10. The first kappa shape index (κ1) is 18.0. The van der Waals surface area contributed by atoms with Crippen LogP contribution in [0.15, 0.2) is 53.8 Å². The monoisotopic (exact) mass is 365 g/mol. The van der Waals surface area contributed by atoms with Crippen molar-refractivity contribution in [3.63, 3.8) is 0 Å². The quantitative estimate of drug-likeness (QED) is 0.498. The Morgan fingerprint density at radius 3 is 2.65 bits per heavy atom. The van der Waals surface area contributed by atoms with Crippen LogP contribution in [0, 0.1) is 11.3 Å². The molecule has 132 valence electrons. The smallest absolute Gasteiger partial charge is 0.321 e. The van der Waals surface area contributed by atoms with E-state index in [4.69, 9.17) is 10.00 Å². The minimum Gasteiger partial charge on any atom is -0.465 e. The van der Waals surface area contributed by atoms with E-state index in [9.17, 15) is 4.79 Å². The zero-order valence-electron chi connectivity index (χ0n) is 14.9. The van der Waals surface area contributed by atoms with E-state index in [0.717, 1.165) is 21.7 Å². The van der Waals surface area contributed by atoms with Gasteiger partial charge in [0.15, 0.2) is 0 Å². The fourth-order valence-electron chi connectivity index (χ4n) is 2.66. The van der Waals surface area contributed by atoms with Crippen LogP contribution in [0.1, 0.15) is 26.3 Å². The molecule has 1 aromatic carbocycles. The molecule has 3 aromatic rings. The summed E-state index contributed by atoms with van der Waals surface area (Å²) in [6.45, 7) is 5.87. The van der Waals surface area contributed by atoms with Gasteiger partial charge in [0.05, 0.1) is 18.2 Å². The van der Waals surface area contributed by atoms with Crippen LogP contribution in [0.25, 0.3) is 16.8 Å². The van der Waals surface area contributed by atoms with Crippen LogP contribution in [-0.4, -0.2) is 26.7 Å². The van der Waals surface area contributed by atoms with Gasteiger partial charge in [-0.25, -0.2) is 4.98 Å². The Balaban J connectivity index is 2.11. The van der Waals surface area contributed by atoms with Crippen molar-refractivity contribution in [1.29, 1.82) is 5.26 Å². The van der Waals surface area contributed by atoms with Crippen molar-refractivity contribution in [2.75, 3.05) is 6.61 Å². The molecule has 0 amide bonds. The Morgan fingerprint density at radius 1 is 1.27 bits per heavy atom. The van der Waals surface area contributed by atoms with Gasteiger partial charge < -0.3 is 9.14 Å². The number of thioether (sulfide) groups is 1. The van der Waals surface area contributed by atoms with E-state index in [1.54, 1.807) is 25.3 Å². The number of nitrogens with zero attached hydrogens (tertiary/aromatic N) is 3. The maximum atomic E-state index is 12.3. The molecule has 0 aliphatic carbocycles. The summed E-state index contributed by atoms with van der Waals surface area (Å²) >= 11 is 1.45. The zero-order valence-corrected chi connectivity index (χ0v) is 15.7. The number of hydrogen-bond acceptors (Lipinski definition) is 5. The molecule has 5 nitrogen and oxygen atoms in total. The number of carbonyl (C=O) groups is 1. The second-order valence-electron chi connectivity index (χ2n) is 6.24. The molecule has 0 N–H and O–H groups in total. The molecule has 0 spiro atoms. The molecule has 0 aliphatic rings. The summed E-state index contributed by atoms with van der Waals surface area (Å²) < 4.78 is 6.42. The lowest BCUT2D eigenvalue weighted by atomic mass is 10.1. The largest absolute Gasteiger partial charge is 0.465 e. The van der Waals surface area contributed by atoms with Crippen molar-refractivity contribution >= 4 is 23.4 Å². The standard InChI is InChI=1S/C20H19N3O2S/c1-4-25-19(24)20(2,3)26-16-9-11-23-12-10-22-18(23)17(16)15-7-5-14(13-21)6-8-15/h5-12H,4H2,1-3H3. The number of ether oxygens (including phenoxy) is 1. The summed E-state index contributed by atoms with van der Waals surface area (Å²) in [5, 5.41) is 9.03. The minimum absolute atomic E-state index is 0.251. The van der Waals surface area contributed by atoms with Crippen molar-refractivity contribution in [1.82, 2.24) is 9.38 Å². The molecule has 0 bridgehead atoms. The van der Waals surface area contributed by atoms with Crippen LogP contribution < -0.4 is 0 Å². The van der Waals surface area contributed by atoms with Crippen molar-refractivity contribution in [2.45, 2.75) is 30.4 Å². The van der Waals surface area contributed by atoms with E-state index in [-0.39, 0.29) is 5.97 Å². The Labute approximate surface area is 156 Å². The molecule has 0 unspecified atom stereocenters. The highest BCUT2D eigenvalue weighted by atomic mass is 32.2. The van der Waals surface area contributed by atoms with Gasteiger partial charge in [0.1, 0.15) is 10.4 Å². The number of aromatic nitrogens is 2. The number of nitriles is 1. The molecule has 0 fully saturated rings. The van der Waals surface area contributed by atoms with E-state index in [1.165, 1.54) is 11.8 Å².